The standard InChI is InChI=1S/C17H14ClN3O2/c1-21-15(20-14-8-3-2-7-13(14)17(21)23)10-19-16(22)11-5-4-6-12(18)9-11/h2-9H,10H2,1H3,(H,19,22). The van der Waals surface area contributed by atoms with Gasteiger partial charge in [-0.2, -0.15) is 0 Å². The second kappa shape index (κ2) is 6.22. The smallest absolute Gasteiger partial charge is 0.261 e. The molecule has 0 aliphatic carbocycles. The third-order valence-electron chi connectivity index (χ3n) is 3.57. The van der Waals surface area contributed by atoms with Gasteiger partial charge in [0.25, 0.3) is 11.5 Å². The first-order valence-corrected chi connectivity index (χ1v) is 7.42. The summed E-state index contributed by atoms with van der Waals surface area (Å²) in [4.78, 5) is 28.9. The highest BCUT2D eigenvalue weighted by Crippen LogP contribution is 2.11. The van der Waals surface area contributed by atoms with E-state index >= 15 is 0 Å². The molecule has 116 valence electrons. The topological polar surface area (TPSA) is 64.0 Å². The Morgan fingerprint density at radius 3 is 2.78 bits per heavy atom. The number of halogens is 1. The van der Waals surface area contributed by atoms with Gasteiger partial charge < -0.3 is 5.32 Å². The predicted octanol–water partition coefficient (Wildman–Crippen LogP) is 2.52. The molecule has 3 aromatic rings. The number of hydrogen-bond donors (Lipinski definition) is 1. The van der Waals surface area contributed by atoms with Crippen molar-refractivity contribution in [2.45, 2.75) is 6.54 Å². The van der Waals surface area contributed by atoms with E-state index in [4.69, 9.17) is 11.6 Å². The molecule has 0 atom stereocenters. The van der Waals surface area contributed by atoms with Gasteiger partial charge in [-0.3, -0.25) is 14.2 Å². The average molecular weight is 328 g/mol. The number of benzene rings is 2. The maximum absolute atomic E-state index is 12.3. The van der Waals surface area contributed by atoms with Crippen molar-refractivity contribution in [3.8, 4) is 0 Å². The van der Waals surface area contributed by atoms with Crippen molar-refractivity contribution in [3.63, 3.8) is 0 Å². The second-order valence-corrected chi connectivity index (χ2v) is 5.54. The van der Waals surface area contributed by atoms with Gasteiger partial charge >= 0.3 is 0 Å². The molecule has 0 aliphatic heterocycles. The zero-order chi connectivity index (χ0) is 16.4. The van der Waals surface area contributed by atoms with Crippen LogP contribution in [-0.4, -0.2) is 15.5 Å². The highest BCUT2D eigenvalue weighted by molar-refractivity contribution is 6.30. The predicted molar refractivity (Wildman–Crippen MR) is 89.6 cm³/mol. The van der Waals surface area contributed by atoms with Crippen molar-refractivity contribution in [1.82, 2.24) is 14.9 Å². The molecule has 0 fully saturated rings. The zero-order valence-electron chi connectivity index (χ0n) is 12.4. The highest BCUT2D eigenvalue weighted by Gasteiger charge is 2.10. The van der Waals surface area contributed by atoms with Crippen LogP contribution in [0.15, 0.2) is 53.3 Å². The van der Waals surface area contributed by atoms with Crippen molar-refractivity contribution in [2.75, 3.05) is 0 Å². The number of aromatic nitrogens is 2. The van der Waals surface area contributed by atoms with Crippen LogP contribution < -0.4 is 10.9 Å². The van der Waals surface area contributed by atoms with Gasteiger partial charge in [0, 0.05) is 17.6 Å². The van der Waals surface area contributed by atoms with E-state index in [1.807, 2.05) is 6.07 Å². The van der Waals surface area contributed by atoms with E-state index in [0.717, 1.165) is 0 Å². The first-order chi connectivity index (χ1) is 11.1. The van der Waals surface area contributed by atoms with Gasteiger partial charge in [0.05, 0.1) is 17.4 Å². The summed E-state index contributed by atoms with van der Waals surface area (Å²) in [7, 11) is 1.64. The molecule has 0 saturated carbocycles. The van der Waals surface area contributed by atoms with Crippen molar-refractivity contribution in [3.05, 3.63) is 75.3 Å². The van der Waals surface area contributed by atoms with E-state index in [-0.39, 0.29) is 18.0 Å². The summed E-state index contributed by atoms with van der Waals surface area (Å²) in [5.41, 5.74) is 0.938. The Bertz CT molecular complexity index is 950. The minimum atomic E-state index is -0.269. The Balaban J connectivity index is 1.86. The molecule has 0 bridgehead atoms. The maximum atomic E-state index is 12.3. The van der Waals surface area contributed by atoms with Gasteiger partial charge in [0.2, 0.25) is 0 Å². The Labute approximate surface area is 137 Å². The quantitative estimate of drug-likeness (QED) is 0.804. The molecule has 1 N–H and O–H groups in total. The molecule has 23 heavy (non-hydrogen) atoms. The summed E-state index contributed by atoms with van der Waals surface area (Å²) < 4.78 is 1.45. The number of hydrogen-bond acceptors (Lipinski definition) is 3. The number of para-hydroxylation sites is 1. The van der Waals surface area contributed by atoms with E-state index in [1.54, 1.807) is 49.5 Å². The first kappa shape index (κ1) is 15.2. The molecule has 0 unspecified atom stereocenters. The van der Waals surface area contributed by atoms with E-state index in [1.165, 1.54) is 4.57 Å². The summed E-state index contributed by atoms with van der Waals surface area (Å²) in [6.45, 7) is 0.155. The molecule has 0 aliphatic rings. The van der Waals surface area contributed by atoms with Gasteiger partial charge in [-0.05, 0) is 30.3 Å². The van der Waals surface area contributed by atoms with Crippen LogP contribution in [-0.2, 0) is 13.6 Å². The number of fused-ring (bicyclic) bond motifs is 1. The number of nitrogens with one attached hydrogen (secondary N) is 1. The molecule has 0 spiro atoms. The molecule has 0 saturated heterocycles. The monoisotopic (exact) mass is 327 g/mol. The van der Waals surface area contributed by atoms with E-state index < -0.39 is 0 Å². The third-order valence-corrected chi connectivity index (χ3v) is 3.80. The Kier molecular flexibility index (Phi) is 4.12. The van der Waals surface area contributed by atoms with E-state index in [9.17, 15) is 9.59 Å². The van der Waals surface area contributed by atoms with Crippen molar-refractivity contribution < 1.29 is 4.79 Å². The number of carbonyl (C=O) groups excluding carboxylic acids is 1. The fraction of sp³-hybridized carbons (Fsp3) is 0.118. The van der Waals surface area contributed by atoms with Crippen LogP contribution in [0.4, 0.5) is 0 Å². The Morgan fingerprint density at radius 1 is 1.22 bits per heavy atom. The second-order valence-electron chi connectivity index (χ2n) is 5.10. The normalized spacial score (nSPS) is 10.7. The van der Waals surface area contributed by atoms with Crippen LogP contribution in [0.3, 0.4) is 0 Å². The molecule has 0 radical (unpaired) electrons. The Hall–Kier alpha value is -2.66. The lowest BCUT2D eigenvalue weighted by Gasteiger charge is -2.10. The SMILES string of the molecule is Cn1c(CNC(=O)c2cccc(Cl)c2)nc2ccccc2c1=O. The van der Waals surface area contributed by atoms with E-state index in [0.29, 0.717) is 27.3 Å². The minimum Gasteiger partial charge on any atom is -0.345 e. The Morgan fingerprint density at radius 2 is 2.00 bits per heavy atom. The molecule has 3 rings (SSSR count). The summed E-state index contributed by atoms with van der Waals surface area (Å²) in [5, 5.41) is 3.81. The largest absolute Gasteiger partial charge is 0.345 e. The summed E-state index contributed by atoms with van der Waals surface area (Å²) in [5.74, 6) is 0.221. The average Bonchev–Trinajstić information content (AvgIpc) is 2.56. The van der Waals surface area contributed by atoms with E-state index in [2.05, 4.69) is 10.3 Å². The lowest BCUT2D eigenvalue weighted by Crippen LogP contribution is -2.29. The van der Waals surface area contributed by atoms with Gasteiger partial charge in [-0.25, -0.2) is 4.98 Å². The summed E-state index contributed by atoms with van der Waals surface area (Å²) in [6, 6.07) is 13.8. The van der Waals surface area contributed by atoms with Crippen LogP contribution in [0.2, 0.25) is 5.02 Å². The molecule has 6 heteroatoms. The summed E-state index contributed by atoms with van der Waals surface area (Å²) >= 11 is 5.88. The number of amides is 1. The van der Waals surface area contributed by atoms with Crippen LogP contribution in [0.25, 0.3) is 10.9 Å². The van der Waals surface area contributed by atoms with Crippen molar-refractivity contribution >= 4 is 28.4 Å². The lowest BCUT2D eigenvalue weighted by molar-refractivity contribution is 0.0949. The molecule has 1 aromatic heterocycles. The van der Waals surface area contributed by atoms with Gasteiger partial charge in [0.1, 0.15) is 5.82 Å². The summed E-state index contributed by atoms with van der Waals surface area (Å²) in [6.07, 6.45) is 0. The number of nitrogens with zero attached hydrogens (tertiary/aromatic N) is 2. The van der Waals surface area contributed by atoms with Crippen LogP contribution in [0, 0.1) is 0 Å². The molecular formula is C17H14ClN3O2. The molecular weight excluding hydrogens is 314 g/mol. The van der Waals surface area contributed by atoms with Crippen LogP contribution in [0.1, 0.15) is 16.2 Å². The van der Waals surface area contributed by atoms with Crippen LogP contribution in [0.5, 0.6) is 0 Å². The highest BCUT2D eigenvalue weighted by atomic mass is 35.5. The van der Waals surface area contributed by atoms with Gasteiger partial charge in [0.15, 0.2) is 0 Å². The fourth-order valence-electron chi connectivity index (χ4n) is 2.31. The maximum Gasteiger partial charge on any atom is 0.261 e. The molecule has 1 heterocycles. The molecule has 2 aromatic carbocycles. The number of carbonyl (C=O) groups is 1. The third kappa shape index (κ3) is 3.10. The van der Waals surface area contributed by atoms with Crippen molar-refractivity contribution in [1.29, 1.82) is 0 Å². The lowest BCUT2D eigenvalue weighted by atomic mass is 10.2. The van der Waals surface area contributed by atoms with Gasteiger partial charge in [-0.1, -0.05) is 29.8 Å². The van der Waals surface area contributed by atoms with Crippen LogP contribution >= 0.6 is 11.6 Å². The van der Waals surface area contributed by atoms with Gasteiger partial charge in [-0.15, -0.1) is 0 Å². The first-order valence-electron chi connectivity index (χ1n) is 7.04. The number of rotatable bonds is 3. The molecule has 1 amide bonds. The van der Waals surface area contributed by atoms with Crippen molar-refractivity contribution in [2.24, 2.45) is 7.05 Å². The minimum absolute atomic E-state index is 0.136. The fourth-order valence-corrected chi connectivity index (χ4v) is 2.50. The zero-order valence-corrected chi connectivity index (χ0v) is 13.2. The molecule has 5 nitrogen and oxygen atoms in total.